The highest BCUT2D eigenvalue weighted by atomic mass is 35.5. The van der Waals surface area contributed by atoms with Crippen LogP contribution in [0.15, 0.2) is 59.2 Å². The van der Waals surface area contributed by atoms with Crippen molar-refractivity contribution in [2.24, 2.45) is 0 Å². The molecule has 0 saturated heterocycles. The molecule has 0 aliphatic rings. The zero-order valence-corrected chi connectivity index (χ0v) is 14.1. The highest BCUT2D eigenvalue weighted by Gasteiger charge is 2.12. The first-order chi connectivity index (χ1) is 11.8. The van der Waals surface area contributed by atoms with Gasteiger partial charge in [0.2, 0.25) is 5.89 Å². The van der Waals surface area contributed by atoms with Crippen molar-refractivity contribution in [1.29, 1.82) is 0 Å². The zero-order valence-electron chi connectivity index (χ0n) is 13.4. The standard InChI is InChI=1S/C19H18ClNO3/c1-2-22-17-9-8-15(19-21-16(11-20)13-24-19)10-18(17)23-12-14-6-4-3-5-7-14/h3-10,13H,2,11-12H2,1H3. The van der Waals surface area contributed by atoms with Crippen molar-refractivity contribution in [2.45, 2.75) is 19.4 Å². The average Bonchev–Trinajstić information content (AvgIpc) is 3.11. The van der Waals surface area contributed by atoms with E-state index in [0.717, 1.165) is 11.1 Å². The molecule has 1 aromatic heterocycles. The second kappa shape index (κ2) is 7.88. The van der Waals surface area contributed by atoms with Crippen LogP contribution in [-0.4, -0.2) is 11.6 Å². The van der Waals surface area contributed by atoms with E-state index in [4.69, 9.17) is 25.5 Å². The smallest absolute Gasteiger partial charge is 0.226 e. The molecular weight excluding hydrogens is 326 g/mol. The van der Waals surface area contributed by atoms with Gasteiger partial charge in [-0.3, -0.25) is 0 Å². The first-order valence-corrected chi connectivity index (χ1v) is 8.28. The van der Waals surface area contributed by atoms with Crippen LogP contribution in [0, 0.1) is 0 Å². The lowest BCUT2D eigenvalue weighted by molar-refractivity contribution is 0.269. The minimum atomic E-state index is 0.317. The summed E-state index contributed by atoms with van der Waals surface area (Å²) in [5.41, 5.74) is 2.61. The molecule has 0 unspecified atom stereocenters. The summed E-state index contributed by atoms with van der Waals surface area (Å²) < 4.78 is 17.1. The Labute approximate surface area is 146 Å². The summed E-state index contributed by atoms with van der Waals surface area (Å²) in [5, 5.41) is 0. The van der Waals surface area contributed by atoms with Crippen LogP contribution in [-0.2, 0) is 12.5 Å². The van der Waals surface area contributed by atoms with Crippen molar-refractivity contribution < 1.29 is 13.9 Å². The van der Waals surface area contributed by atoms with Crippen molar-refractivity contribution in [3.8, 4) is 23.0 Å². The molecule has 0 aliphatic heterocycles. The fraction of sp³-hybridized carbons (Fsp3) is 0.211. The van der Waals surface area contributed by atoms with E-state index in [9.17, 15) is 0 Å². The van der Waals surface area contributed by atoms with Crippen LogP contribution in [0.5, 0.6) is 11.5 Å². The minimum absolute atomic E-state index is 0.317. The van der Waals surface area contributed by atoms with Crippen molar-refractivity contribution in [2.75, 3.05) is 6.61 Å². The number of hydrogen-bond donors (Lipinski definition) is 0. The van der Waals surface area contributed by atoms with Gasteiger partial charge < -0.3 is 13.9 Å². The fourth-order valence-electron chi connectivity index (χ4n) is 2.26. The molecular formula is C19H18ClNO3. The van der Waals surface area contributed by atoms with Crippen molar-refractivity contribution >= 4 is 11.6 Å². The van der Waals surface area contributed by atoms with Gasteiger partial charge in [-0.15, -0.1) is 11.6 Å². The van der Waals surface area contributed by atoms with Gasteiger partial charge in [-0.2, -0.15) is 0 Å². The Morgan fingerprint density at radius 2 is 1.88 bits per heavy atom. The van der Waals surface area contributed by atoms with Gasteiger partial charge in [-0.1, -0.05) is 30.3 Å². The lowest BCUT2D eigenvalue weighted by Crippen LogP contribution is -2.00. The summed E-state index contributed by atoms with van der Waals surface area (Å²) in [6.45, 7) is 2.97. The second-order valence-corrected chi connectivity index (χ2v) is 5.41. The molecule has 0 atom stereocenters. The molecule has 4 nitrogen and oxygen atoms in total. The topological polar surface area (TPSA) is 44.5 Å². The van der Waals surface area contributed by atoms with E-state index < -0.39 is 0 Å². The zero-order chi connectivity index (χ0) is 16.8. The monoisotopic (exact) mass is 343 g/mol. The lowest BCUT2D eigenvalue weighted by atomic mass is 10.2. The van der Waals surface area contributed by atoms with Crippen LogP contribution in [0.1, 0.15) is 18.2 Å². The molecule has 3 rings (SSSR count). The molecule has 0 bridgehead atoms. The number of ether oxygens (including phenoxy) is 2. The Morgan fingerprint density at radius 3 is 2.58 bits per heavy atom. The Bertz CT molecular complexity index is 786. The summed E-state index contributed by atoms with van der Waals surface area (Å²) in [7, 11) is 0. The van der Waals surface area contributed by atoms with E-state index in [-0.39, 0.29) is 0 Å². The number of halogens is 1. The molecule has 3 aromatic rings. The summed E-state index contributed by atoms with van der Waals surface area (Å²) in [6.07, 6.45) is 1.56. The van der Waals surface area contributed by atoms with Gasteiger partial charge in [0.15, 0.2) is 11.5 Å². The van der Waals surface area contributed by atoms with Gasteiger partial charge in [0.05, 0.1) is 18.2 Å². The maximum atomic E-state index is 5.95. The molecule has 1 heterocycles. The molecule has 2 aromatic carbocycles. The first kappa shape index (κ1) is 16.4. The van der Waals surface area contributed by atoms with Gasteiger partial charge in [-0.25, -0.2) is 4.98 Å². The van der Waals surface area contributed by atoms with E-state index in [1.165, 1.54) is 0 Å². The number of hydrogen-bond acceptors (Lipinski definition) is 4. The predicted molar refractivity (Wildman–Crippen MR) is 93.4 cm³/mol. The maximum absolute atomic E-state index is 5.95. The third kappa shape index (κ3) is 3.89. The van der Waals surface area contributed by atoms with E-state index in [1.54, 1.807) is 6.26 Å². The van der Waals surface area contributed by atoms with Crippen molar-refractivity contribution in [3.05, 3.63) is 66.1 Å². The van der Waals surface area contributed by atoms with Crippen LogP contribution in [0.4, 0.5) is 0 Å². The van der Waals surface area contributed by atoms with Crippen LogP contribution >= 0.6 is 11.6 Å². The third-order valence-corrected chi connectivity index (χ3v) is 3.69. The normalized spacial score (nSPS) is 10.6. The number of rotatable bonds is 7. The number of nitrogens with zero attached hydrogens (tertiary/aromatic N) is 1. The Hall–Kier alpha value is -2.46. The number of oxazole rings is 1. The molecule has 0 amide bonds. The predicted octanol–water partition coefficient (Wildman–Crippen LogP) is 5.06. The van der Waals surface area contributed by atoms with E-state index >= 15 is 0 Å². The lowest BCUT2D eigenvalue weighted by Gasteiger charge is -2.13. The average molecular weight is 344 g/mol. The van der Waals surface area contributed by atoms with Crippen molar-refractivity contribution in [1.82, 2.24) is 4.98 Å². The van der Waals surface area contributed by atoms with Gasteiger partial charge >= 0.3 is 0 Å². The maximum Gasteiger partial charge on any atom is 0.226 e. The highest BCUT2D eigenvalue weighted by molar-refractivity contribution is 6.16. The molecule has 124 valence electrons. The molecule has 5 heteroatoms. The summed E-state index contributed by atoms with van der Waals surface area (Å²) in [4.78, 5) is 4.34. The Morgan fingerprint density at radius 1 is 1.04 bits per heavy atom. The molecule has 0 spiro atoms. The second-order valence-electron chi connectivity index (χ2n) is 5.15. The SMILES string of the molecule is CCOc1ccc(-c2nc(CCl)co2)cc1OCc1ccccc1. The van der Waals surface area contributed by atoms with Crippen LogP contribution in [0.25, 0.3) is 11.5 Å². The Kier molecular flexibility index (Phi) is 5.39. The van der Waals surface area contributed by atoms with Gasteiger partial charge in [0.1, 0.15) is 12.9 Å². The largest absolute Gasteiger partial charge is 0.490 e. The molecule has 0 aliphatic carbocycles. The minimum Gasteiger partial charge on any atom is -0.490 e. The van der Waals surface area contributed by atoms with Crippen LogP contribution < -0.4 is 9.47 Å². The molecule has 0 radical (unpaired) electrons. The number of alkyl halides is 1. The van der Waals surface area contributed by atoms with E-state index in [2.05, 4.69) is 4.98 Å². The van der Waals surface area contributed by atoms with E-state index in [1.807, 2.05) is 55.5 Å². The summed E-state index contributed by atoms with van der Waals surface area (Å²) in [5.74, 6) is 2.18. The number of aromatic nitrogens is 1. The van der Waals surface area contributed by atoms with E-state index in [0.29, 0.717) is 42.2 Å². The molecule has 0 saturated carbocycles. The molecule has 0 N–H and O–H groups in total. The Balaban J connectivity index is 1.85. The highest BCUT2D eigenvalue weighted by Crippen LogP contribution is 2.33. The first-order valence-electron chi connectivity index (χ1n) is 7.74. The third-order valence-electron chi connectivity index (χ3n) is 3.42. The number of benzene rings is 2. The quantitative estimate of drug-likeness (QED) is 0.562. The summed E-state index contributed by atoms with van der Waals surface area (Å²) >= 11 is 5.78. The molecule has 0 fully saturated rings. The van der Waals surface area contributed by atoms with Crippen LogP contribution in [0.2, 0.25) is 0 Å². The van der Waals surface area contributed by atoms with Crippen LogP contribution in [0.3, 0.4) is 0 Å². The fourth-order valence-corrected chi connectivity index (χ4v) is 2.39. The van der Waals surface area contributed by atoms with Gasteiger partial charge in [0, 0.05) is 5.56 Å². The summed E-state index contributed by atoms with van der Waals surface area (Å²) in [6, 6.07) is 15.6. The molecule has 24 heavy (non-hydrogen) atoms. The van der Waals surface area contributed by atoms with Gasteiger partial charge in [0.25, 0.3) is 0 Å². The van der Waals surface area contributed by atoms with Gasteiger partial charge in [-0.05, 0) is 30.7 Å². The van der Waals surface area contributed by atoms with Crippen molar-refractivity contribution in [3.63, 3.8) is 0 Å².